The Morgan fingerprint density at radius 1 is 1.43 bits per heavy atom. The number of carbonyl (C=O) groups excluding carboxylic acids is 1. The van der Waals surface area contributed by atoms with Crippen LogP contribution in [-0.4, -0.2) is 36.3 Å². The Morgan fingerprint density at radius 2 is 2.14 bits per heavy atom. The second kappa shape index (κ2) is 5.76. The van der Waals surface area contributed by atoms with Gasteiger partial charge in [0.05, 0.1) is 6.61 Å². The van der Waals surface area contributed by atoms with E-state index in [4.69, 9.17) is 9.47 Å². The van der Waals surface area contributed by atoms with E-state index in [0.717, 1.165) is 0 Å². The third-order valence-corrected chi connectivity index (χ3v) is 3.46. The maximum atomic E-state index is 12.1. The van der Waals surface area contributed by atoms with Crippen LogP contribution in [0.2, 0.25) is 0 Å². The fraction of sp³-hybridized carbons (Fsp3) is 0.500. The molecule has 2 aliphatic rings. The van der Waals surface area contributed by atoms with Crippen LogP contribution in [0.15, 0.2) is 22.7 Å². The molecule has 2 aliphatic heterocycles. The maximum Gasteiger partial charge on any atom is 0.339 e. The number of hydrogen-bond acceptors (Lipinski definition) is 7. The van der Waals surface area contributed by atoms with Crippen molar-refractivity contribution in [2.75, 3.05) is 13.2 Å². The van der Waals surface area contributed by atoms with Gasteiger partial charge >= 0.3 is 5.97 Å². The van der Waals surface area contributed by atoms with Crippen molar-refractivity contribution < 1.29 is 14.3 Å². The van der Waals surface area contributed by atoms with E-state index in [0.29, 0.717) is 17.9 Å². The summed E-state index contributed by atoms with van der Waals surface area (Å²) < 4.78 is 10.8. The minimum atomic E-state index is -0.527. The molecule has 21 heavy (non-hydrogen) atoms. The predicted molar refractivity (Wildman–Crippen MR) is 71.8 cm³/mol. The van der Waals surface area contributed by atoms with Gasteiger partial charge in [0.2, 0.25) is 0 Å². The lowest BCUT2D eigenvalue weighted by Crippen LogP contribution is -2.54. The minimum absolute atomic E-state index is 0.140. The lowest BCUT2D eigenvalue weighted by atomic mass is 10.0. The summed E-state index contributed by atoms with van der Waals surface area (Å²) in [5.41, 5.74) is 0.727. The van der Waals surface area contributed by atoms with Gasteiger partial charge < -0.3 is 19.7 Å². The van der Waals surface area contributed by atoms with Gasteiger partial charge in [-0.15, -0.1) is 0 Å². The minimum Gasteiger partial charge on any atom is -0.472 e. The highest BCUT2D eigenvalue weighted by Gasteiger charge is 2.46. The molecule has 1 N–H and O–H groups in total. The fourth-order valence-corrected chi connectivity index (χ4v) is 2.58. The fourth-order valence-electron chi connectivity index (χ4n) is 2.58. The van der Waals surface area contributed by atoms with Crippen LogP contribution in [0.5, 0.6) is 0 Å². The number of fused-ring (bicyclic) bond motifs is 1. The third-order valence-electron chi connectivity index (χ3n) is 3.46. The van der Waals surface area contributed by atoms with Gasteiger partial charge in [-0.3, -0.25) is 0 Å². The molecule has 2 rings (SSSR count). The van der Waals surface area contributed by atoms with Crippen molar-refractivity contribution in [2.24, 2.45) is 0 Å². The Hall–Kier alpha value is -2.67. The van der Waals surface area contributed by atoms with Gasteiger partial charge in [0.1, 0.15) is 35.2 Å². The highest BCUT2D eigenvalue weighted by Crippen LogP contribution is 2.34. The second-order valence-electron chi connectivity index (χ2n) is 4.55. The van der Waals surface area contributed by atoms with Crippen LogP contribution in [0.25, 0.3) is 0 Å². The van der Waals surface area contributed by atoms with Crippen molar-refractivity contribution in [1.82, 2.24) is 10.2 Å². The van der Waals surface area contributed by atoms with Crippen LogP contribution in [0.1, 0.15) is 20.8 Å². The molecule has 0 fully saturated rings. The molecule has 7 heteroatoms. The summed E-state index contributed by atoms with van der Waals surface area (Å²) in [6.07, 6.45) is -0.527. The Bertz CT molecular complexity index is 609. The van der Waals surface area contributed by atoms with Crippen LogP contribution >= 0.6 is 0 Å². The number of nitrogens with one attached hydrogen (secondary N) is 1. The van der Waals surface area contributed by atoms with Crippen LogP contribution in [0.3, 0.4) is 0 Å². The molecule has 7 nitrogen and oxygen atoms in total. The van der Waals surface area contributed by atoms with E-state index in [1.165, 1.54) is 0 Å². The number of esters is 1. The monoisotopic (exact) mass is 288 g/mol. The number of likely N-dealkylation sites (N-methyl/N-ethyl adjacent to an activating group) is 1. The van der Waals surface area contributed by atoms with Gasteiger partial charge in [-0.25, -0.2) is 4.79 Å². The summed E-state index contributed by atoms with van der Waals surface area (Å²) in [4.78, 5) is 13.7. The summed E-state index contributed by atoms with van der Waals surface area (Å²) in [5, 5.41) is 21.4. The zero-order chi connectivity index (χ0) is 15.6. The number of nitrogens with zero attached hydrogens (tertiary/aromatic N) is 3. The average molecular weight is 288 g/mol. The summed E-state index contributed by atoms with van der Waals surface area (Å²) in [6, 6.07) is 3.45. The summed E-state index contributed by atoms with van der Waals surface area (Å²) in [5.74, 6) is -0.0189. The number of rotatable bonds is 3. The lowest BCUT2D eigenvalue weighted by Gasteiger charge is -2.37. The highest BCUT2D eigenvalue weighted by atomic mass is 16.5. The number of ether oxygens (including phenoxy) is 2. The molecule has 0 saturated carbocycles. The topological polar surface area (TPSA) is 98.4 Å². The maximum absolute atomic E-state index is 12.1. The molecule has 0 amide bonds. The molecular weight excluding hydrogens is 272 g/mol. The third kappa shape index (κ3) is 2.27. The Balaban J connectivity index is 2.42. The summed E-state index contributed by atoms with van der Waals surface area (Å²) in [6.45, 7) is 6.01. The van der Waals surface area contributed by atoms with Crippen molar-refractivity contribution in [2.45, 2.75) is 33.0 Å². The standard InChI is InChI=1S/C14H16N4O3/c1-4-18-10(7-16)9(6-15)17-12-11(14(19)20-5-2)8(3)21-13(12)18/h12-13,17H,4-5H2,1-3H3. The number of carbonyl (C=O) groups is 1. The molecule has 0 aromatic heterocycles. The highest BCUT2D eigenvalue weighted by molar-refractivity contribution is 5.91. The van der Waals surface area contributed by atoms with Crippen LogP contribution in [0, 0.1) is 22.7 Å². The first kappa shape index (κ1) is 14.7. The molecule has 0 aromatic rings. The predicted octanol–water partition coefficient (Wildman–Crippen LogP) is 0.732. The SMILES string of the molecule is CCOC(=O)C1=C(C)OC2C1NC(C#N)=C(C#N)N2CC. The van der Waals surface area contributed by atoms with Crippen LogP contribution in [0.4, 0.5) is 0 Å². The van der Waals surface area contributed by atoms with Crippen molar-refractivity contribution in [3.63, 3.8) is 0 Å². The molecular formula is C14H16N4O3. The lowest BCUT2D eigenvalue weighted by molar-refractivity contribution is -0.139. The van der Waals surface area contributed by atoms with E-state index >= 15 is 0 Å². The molecule has 0 radical (unpaired) electrons. The smallest absolute Gasteiger partial charge is 0.339 e. The van der Waals surface area contributed by atoms with Gasteiger partial charge in [0.15, 0.2) is 11.9 Å². The first-order valence-corrected chi connectivity index (χ1v) is 6.71. The zero-order valence-corrected chi connectivity index (χ0v) is 12.1. The first-order valence-electron chi connectivity index (χ1n) is 6.71. The number of nitriles is 2. The van der Waals surface area contributed by atoms with Gasteiger partial charge in [0, 0.05) is 6.54 Å². The van der Waals surface area contributed by atoms with Gasteiger partial charge in [-0.05, 0) is 20.8 Å². The van der Waals surface area contributed by atoms with E-state index in [9.17, 15) is 15.3 Å². The molecule has 0 saturated heterocycles. The number of hydrogen-bond donors (Lipinski definition) is 1. The van der Waals surface area contributed by atoms with Crippen molar-refractivity contribution in [1.29, 1.82) is 10.5 Å². The molecule has 0 bridgehead atoms. The Labute approximate surface area is 123 Å². The van der Waals surface area contributed by atoms with Gasteiger partial charge in [0.25, 0.3) is 0 Å². The van der Waals surface area contributed by atoms with E-state index < -0.39 is 18.2 Å². The van der Waals surface area contributed by atoms with Crippen molar-refractivity contribution in [3.05, 3.63) is 22.7 Å². The van der Waals surface area contributed by atoms with Crippen molar-refractivity contribution in [3.8, 4) is 12.1 Å². The van der Waals surface area contributed by atoms with E-state index in [2.05, 4.69) is 5.32 Å². The second-order valence-corrected chi connectivity index (χ2v) is 4.55. The van der Waals surface area contributed by atoms with Gasteiger partial charge in [-0.2, -0.15) is 10.5 Å². The summed E-state index contributed by atoms with van der Waals surface area (Å²) in [7, 11) is 0. The molecule has 0 aromatic carbocycles. The first-order chi connectivity index (χ1) is 10.1. The van der Waals surface area contributed by atoms with E-state index in [-0.39, 0.29) is 18.0 Å². The molecule has 2 unspecified atom stereocenters. The molecule has 2 atom stereocenters. The normalized spacial score (nSPS) is 23.8. The number of allylic oxidation sites excluding steroid dienone is 3. The molecule has 2 heterocycles. The van der Waals surface area contributed by atoms with E-state index in [1.807, 2.05) is 19.1 Å². The molecule has 110 valence electrons. The molecule has 0 spiro atoms. The van der Waals surface area contributed by atoms with Crippen LogP contribution in [-0.2, 0) is 14.3 Å². The van der Waals surface area contributed by atoms with Crippen molar-refractivity contribution >= 4 is 5.97 Å². The Kier molecular flexibility index (Phi) is 4.04. The zero-order valence-electron chi connectivity index (χ0n) is 12.1. The molecule has 0 aliphatic carbocycles. The average Bonchev–Trinajstić information content (AvgIpc) is 2.80. The summed E-state index contributed by atoms with van der Waals surface area (Å²) >= 11 is 0. The largest absolute Gasteiger partial charge is 0.472 e. The van der Waals surface area contributed by atoms with E-state index in [1.54, 1.807) is 18.7 Å². The Morgan fingerprint density at radius 3 is 2.67 bits per heavy atom. The quantitative estimate of drug-likeness (QED) is 0.764. The van der Waals surface area contributed by atoms with Crippen LogP contribution < -0.4 is 5.32 Å². The van der Waals surface area contributed by atoms with Gasteiger partial charge in [-0.1, -0.05) is 0 Å².